The van der Waals surface area contributed by atoms with Crippen molar-refractivity contribution in [2.24, 2.45) is 0 Å². The van der Waals surface area contributed by atoms with Crippen LogP contribution in [0, 0.1) is 0 Å². The molecule has 0 saturated carbocycles. The summed E-state index contributed by atoms with van der Waals surface area (Å²) in [6.07, 6.45) is 0.0800. The first-order chi connectivity index (χ1) is 14.3. The van der Waals surface area contributed by atoms with Gasteiger partial charge in [-0.2, -0.15) is 0 Å². The molecule has 1 aromatic carbocycles. The Bertz CT molecular complexity index is 1330. The van der Waals surface area contributed by atoms with Crippen molar-refractivity contribution in [3.8, 4) is 11.4 Å². The smallest absolute Gasteiger partial charge is 0.343 e. The van der Waals surface area contributed by atoms with Crippen LogP contribution < -0.4 is 10.3 Å². The summed E-state index contributed by atoms with van der Waals surface area (Å²) in [7, 11) is 0. The van der Waals surface area contributed by atoms with Crippen LogP contribution in [0.5, 0.6) is 0 Å². The summed E-state index contributed by atoms with van der Waals surface area (Å²) in [5, 5.41) is 11.6. The number of nitrogens with one attached hydrogen (secondary N) is 1. The zero-order chi connectivity index (χ0) is 21.2. The minimum Gasteiger partial charge on any atom is -0.755 e. The molecule has 10 heteroatoms. The minimum atomic E-state index is -2.44. The highest BCUT2D eigenvalue weighted by Crippen LogP contribution is 2.38. The third-order valence-corrected chi connectivity index (χ3v) is 6.11. The second-order valence-electron chi connectivity index (χ2n) is 7.34. The fourth-order valence-corrected chi connectivity index (χ4v) is 4.46. The van der Waals surface area contributed by atoms with E-state index >= 15 is 0 Å². The van der Waals surface area contributed by atoms with Crippen LogP contribution in [0.3, 0.4) is 0 Å². The Morgan fingerprint density at radius 2 is 2.13 bits per heavy atom. The number of fused-ring (bicyclic) bond motifs is 5. The highest BCUT2D eigenvalue weighted by molar-refractivity contribution is 7.80. The van der Waals surface area contributed by atoms with Gasteiger partial charge in [-0.25, -0.2) is 9.78 Å². The predicted molar refractivity (Wildman–Crippen MR) is 107 cm³/mol. The molecule has 9 nitrogen and oxygen atoms in total. The molecule has 2 N–H and O–H groups in total. The van der Waals surface area contributed by atoms with Gasteiger partial charge < -0.3 is 23.7 Å². The zero-order valence-electron chi connectivity index (χ0n) is 15.8. The number of aromatic nitrogens is 2. The summed E-state index contributed by atoms with van der Waals surface area (Å²) in [6, 6.07) is 8.46. The third kappa shape index (κ3) is 2.61. The van der Waals surface area contributed by atoms with Gasteiger partial charge in [-0.15, -0.1) is 0 Å². The Labute approximate surface area is 172 Å². The van der Waals surface area contributed by atoms with E-state index in [0.29, 0.717) is 22.6 Å². The number of anilines is 1. The molecule has 0 bridgehead atoms. The van der Waals surface area contributed by atoms with E-state index in [1.807, 2.05) is 6.07 Å². The number of pyridine rings is 2. The maximum absolute atomic E-state index is 13.1. The Morgan fingerprint density at radius 3 is 2.87 bits per heavy atom. The molecular weight excluding hydrogens is 410 g/mol. The molecule has 2 atom stereocenters. The van der Waals surface area contributed by atoms with E-state index in [2.05, 4.69) is 9.71 Å². The SMILES string of the molecule is CCC1(O)C(=O)OCc2c1cc1n(c2=O)Cc2cc3cc(NS(=O)[O-])ccc3nc2-1. The topological polar surface area (TPSA) is 134 Å². The molecule has 2 aliphatic rings. The number of rotatable bonds is 3. The Kier molecular flexibility index (Phi) is 4.07. The van der Waals surface area contributed by atoms with Crippen LogP contribution in [-0.4, -0.2) is 29.4 Å². The van der Waals surface area contributed by atoms with Gasteiger partial charge in [0.25, 0.3) is 5.56 Å². The van der Waals surface area contributed by atoms with Crippen molar-refractivity contribution in [3.05, 3.63) is 57.4 Å². The maximum atomic E-state index is 13.1. The molecule has 0 radical (unpaired) electrons. The second kappa shape index (κ2) is 6.46. The van der Waals surface area contributed by atoms with E-state index in [1.54, 1.807) is 35.8 Å². The molecule has 4 heterocycles. The number of carbonyl (C=O) groups is 1. The number of aliphatic hydroxyl groups is 1. The van der Waals surface area contributed by atoms with Crippen LogP contribution in [-0.2, 0) is 39.6 Å². The highest BCUT2D eigenvalue weighted by Gasteiger charge is 2.45. The lowest BCUT2D eigenvalue weighted by atomic mass is 9.86. The summed E-state index contributed by atoms with van der Waals surface area (Å²) >= 11 is -2.44. The van der Waals surface area contributed by atoms with Gasteiger partial charge in [-0.05, 0) is 36.8 Å². The number of cyclic esters (lactones) is 1. The average molecular weight is 426 g/mol. The molecular formula is C20H16N3O6S-. The normalized spacial score (nSPS) is 20.3. The van der Waals surface area contributed by atoms with Gasteiger partial charge in [0.15, 0.2) is 5.60 Å². The van der Waals surface area contributed by atoms with E-state index in [1.165, 1.54) is 0 Å². The van der Waals surface area contributed by atoms with E-state index in [0.717, 1.165) is 10.9 Å². The predicted octanol–water partition coefficient (Wildman–Crippen LogP) is 1.29. The molecule has 3 aromatic rings. The van der Waals surface area contributed by atoms with Crippen LogP contribution in [0.4, 0.5) is 5.69 Å². The van der Waals surface area contributed by atoms with E-state index in [4.69, 9.17) is 4.74 Å². The molecule has 0 fully saturated rings. The molecule has 0 aliphatic carbocycles. The van der Waals surface area contributed by atoms with Crippen molar-refractivity contribution < 1.29 is 23.4 Å². The maximum Gasteiger partial charge on any atom is 0.343 e. The minimum absolute atomic E-state index is 0.0800. The molecule has 0 saturated heterocycles. The summed E-state index contributed by atoms with van der Waals surface area (Å²) in [5.41, 5.74) is 1.28. The molecule has 30 heavy (non-hydrogen) atoms. The molecule has 2 aliphatic heterocycles. The van der Waals surface area contributed by atoms with Crippen molar-refractivity contribution in [1.82, 2.24) is 9.55 Å². The van der Waals surface area contributed by atoms with Gasteiger partial charge in [0.2, 0.25) is 0 Å². The molecule has 2 aromatic heterocycles. The van der Waals surface area contributed by atoms with Gasteiger partial charge in [0.1, 0.15) is 6.61 Å². The van der Waals surface area contributed by atoms with Crippen LogP contribution in [0.15, 0.2) is 35.1 Å². The number of carbonyl (C=O) groups excluding carboxylic acids is 1. The van der Waals surface area contributed by atoms with Gasteiger partial charge in [0, 0.05) is 33.5 Å². The number of benzene rings is 1. The van der Waals surface area contributed by atoms with Crippen molar-refractivity contribution in [2.75, 3.05) is 4.72 Å². The van der Waals surface area contributed by atoms with Gasteiger partial charge in [0.05, 0.1) is 29.0 Å². The zero-order valence-corrected chi connectivity index (χ0v) is 16.6. The number of esters is 1. The molecule has 2 unspecified atom stereocenters. The lowest BCUT2D eigenvalue weighted by Crippen LogP contribution is -2.44. The van der Waals surface area contributed by atoms with Gasteiger partial charge in [-0.1, -0.05) is 6.92 Å². The van der Waals surface area contributed by atoms with Crippen LogP contribution in [0.2, 0.25) is 0 Å². The Hall–Kier alpha value is -3.08. The van der Waals surface area contributed by atoms with Gasteiger partial charge in [-0.3, -0.25) is 9.00 Å². The van der Waals surface area contributed by atoms with Crippen molar-refractivity contribution in [3.63, 3.8) is 0 Å². The Balaban J connectivity index is 1.70. The fourth-order valence-electron chi connectivity index (χ4n) is 4.15. The highest BCUT2D eigenvalue weighted by atomic mass is 32.2. The number of nitrogens with zero attached hydrogens (tertiary/aromatic N) is 2. The lowest BCUT2D eigenvalue weighted by Gasteiger charge is -2.31. The summed E-state index contributed by atoms with van der Waals surface area (Å²) in [5.74, 6) is -0.762. The number of hydrogen-bond donors (Lipinski definition) is 2. The molecule has 0 amide bonds. The summed E-state index contributed by atoms with van der Waals surface area (Å²) < 4.78 is 30.7. The number of ether oxygens (including phenoxy) is 1. The van der Waals surface area contributed by atoms with Crippen LogP contribution in [0.25, 0.3) is 22.3 Å². The average Bonchev–Trinajstić information content (AvgIpc) is 3.07. The van der Waals surface area contributed by atoms with Crippen LogP contribution in [0.1, 0.15) is 30.0 Å². The standard InChI is InChI=1S/C20H17N3O6S/c1-2-20(26)14-7-16-17-11(8-23(16)18(24)13(14)9-29-19(20)25)5-10-6-12(22-30(27)28)3-4-15(10)21-17/h3-7,22,26H,2,8-9H2,1H3,(H,27,28)/p-1. The van der Waals surface area contributed by atoms with Crippen molar-refractivity contribution in [2.45, 2.75) is 32.1 Å². The quantitative estimate of drug-likeness (QED) is 0.372. The van der Waals surface area contributed by atoms with E-state index < -0.39 is 22.8 Å². The first kappa shape index (κ1) is 18.9. The monoisotopic (exact) mass is 426 g/mol. The summed E-state index contributed by atoms with van der Waals surface area (Å²) in [6.45, 7) is 1.76. The molecule has 154 valence electrons. The first-order valence-electron chi connectivity index (χ1n) is 9.28. The lowest BCUT2D eigenvalue weighted by molar-refractivity contribution is -0.172. The molecule has 5 rings (SSSR count). The first-order valence-corrected chi connectivity index (χ1v) is 10.4. The fraction of sp³-hybridized carbons (Fsp3) is 0.250. The van der Waals surface area contributed by atoms with Crippen molar-refractivity contribution in [1.29, 1.82) is 0 Å². The van der Waals surface area contributed by atoms with E-state index in [-0.39, 0.29) is 36.3 Å². The number of hydrogen-bond acceptors (Lipinski definition) is 7. The van der Waals surface area contributed by atoms with Gasteiger partial charge >= 0.3 is 5.97 Å². The van der Waals surface area contributed by atoms with Crippen LogP contribution >= 0.6 is 0 Å². The Morgan fingerprint density at radius 1 is 1.33 bits per heavy atom. The third-order valence-electron chi connectivity index (χ3n) is 5.71. The van der Waals surface area contributed by atoms with E-state index in [9.17, 15) is 23.5 Å². The second-order valence-corrected chi connectivity index (χ2v) is 8.02. The summed E-state index contributed by atoms with van der Waals surface area (Å²) in [4.78, 5) is 30.0. The largest absolute Gasteiger partial charge is 0.755 e. The molecule has 0 spiro atoms. The van der Waals surface area contributed by atoms with Crippen molar-refractivity contribution >= 4 is 33.8 Å².